The van der Waals surface area contributed by atoms with E-state index >= 15 is 0 Å². The second-order valence-electron chi connectivity index (χ2n) is 8.36. The maximum atomic E-state index is 13.2. The number of para-hydroxylation sites is 1. The molecular formula is C27H24NO5+. The zero-order valence-corrected chi connectivity index (χ0v) is 18.1. The lowest BCUT2D eigenvalue weighted by molar-refractivity contribution is 0.0288. The highest BCUT2D eigenvalue weighted by atomic mass is 16.5. The van der Waals surface area contributed by atoms with E-state index in [9.17, 15) is 14.7 Å². The number of nitrogens with zero attached hydrogens (tertiary/aromatic N) is 1. The van der Waals surface area contributed by atoms with Crippen molar-refractivity contribution in [2.75, 3.05) is 26.3 Å². The van der Waals surface area contributed by atoms with E-state index in [2.05, 4.69) is 0 Å². The summed E-state index contributed by atoms with van der Waals surface area (Å²) >= 11 is 0. The molecule has 3 aromatic carbocycles. The third-order valence-corrected chi connectivity index (χ3v) is 6.31. The van der Waals surface area contributed by atoms with Crippen molar-refractivity contribution in [2.24, 2.45) is 0 Å². The minimum atomic E-state index is -0.953. The second-order valence-corrected chi connectivity index (χ2v) is 8.36. The molecule has 0 aliphatic carbocycles. The van der Waals surface area contributed by atoms with Crippen LogP contribution in [0.15, 0.2) is 88.1 Å². The fourth-order valence-electron chi connectivity index (χ4n) is 4.49. The third-order valence-electron chi connectivity index (χ3n) is 6.31. The van der Waals surface area contributed by atoms with Gasteiger partial charge in [0.25, 0.3) is 0 Å². The Bertz CT molecular complexity index is 1350. The molecule has 2 heterocycles. The molecule has 5 rings (SSSR count). The number of carboxylic acids is 1. The third kappa shape index (κ3) is 4.06. The Labute approximate surface area is 190 Å². The van der Waals surface area contributed by atoms with Crippen molar-refractivity contribution in [3.8, 4) is 11.1 Å². The van der Waals surface area contributed by atoms with Crippen LogP contribution in [0.5, 0.6) is 0 Å². The molecule has 0 spiro atoms. The van der Waals surface area contributed by atoms with Crippen molar-refractivity contribution in [1.29, 1.82) is 0 Å². The highest BCUT2D eigenvalue weighted by molar-refractivity contribution is 5.92. The molecule has 166 valence electrons. The fraction of sp³-hybridized carbons (Fsp3) is 0.185. The number of carbonyl (C=O) groups is 1. The Morgan fingerprint density at radius 1 is 0.909 bits per heavy atom. The van der Waals surface area contributed by atoms with Gasteiger partial charge >= 0.3 is 11.9 Å². The number of benzene rings is 3. The van der Waals surface area contributed by atoms with E-state index < -0.39 is 5.97 Å². The Balaban J connectivity index is 1.64. The van der Waals surface area contributed by atoms with Crippen LogP contribution in [0.3, 0.4) is 0 Å². The van der Waals surface area contributed by atoms with Crippen molar-refractivity contribution in [2.45, 2.75) is 6.54 Å². The van der Waals surface area contributed by atoms with Crippen molar-refractivity contribution < 1.29 is 19.1 Å². The van der Waals surface area contributed by atoms with Crippen LogP contribution in [0, 0.1) is 0 Å². The number of morpholine rings is 1. The van der Waals surface area contributed by atoms with Gasteiger partial charge in [0, 0.05) is 11.1 Å². The number of ether oxygens (including phenoxy) is 1. The molecule has 0 bridgehead atoms. The number of rotatable bonds is 5. The summed E-state index contributed by atoms with van der Waals surface area (Å²) in [6, 6.07) is 24.0. The lowest BCUT2D eigenvalue weighted by Gasteiger charge is -2.39. The molecule has 6 heteroatoms. The van der Waals surface area contributed by atoms with Crippen molar-refractivity contribution >= 4 is 22.8 Å². The van der Waals surface area contributed by atoms with Gasteiger partial charge in [0.2, 0.25) is 0 Å². The molecule has 0 radical (unpaired) electrons. The normalized spacial score (nSPS) is 15.4. The monoisotopic (exact) mass is 442 g/mol. The van der Waals surface area contributed by atoms with Gasteiger partial charge in [0.1, 0.15) is 19.6 Å². The van der Waals surface area contributed by atoms with Gasteiger partial charge in [-0.15, -0.1) is 0 Å². The Kier molecular flexibility index (Phi) is 5.54. The zero-order valence-electron chi connectivity index (χ0n) is 18.1. The van der Waals surface area contributed by atoms with Crippen LogP contribution in [0.25, 0.3) is 22.1 Å². The summed E-state index contributed by atoms with van der Waals surface area (Å²) in [5.74, 6) is -0.354. The van der Waals surface area contributed by atoms with E-state index in [1.165, 1.54) is 0 Å². The van der Waals surface area contributed by atoms with E-state index in [1.807, 2.05) is 54.6 Å². The van der Waals surface area contributed by atoms with Gasteiger partial charge in [0.05, 0.1) is 30.2 Å². The maximum Gasteiger partial charge on any atom is 0.335 e. The summed E-state index contributed by atoms with van der Waals surface area (Å²) in [5, 5.41) is 9.76. The van der Waals surface area contributed by atoms with E-state index in [1.54, 1.807) is 24.3 Å². The first kappa shape index (κ1) is 21.1. The quantitative estimate of drug-likeness (QED) is 0.454. The first-order valence-corrected chi connectivity index (χ1v) is 10.9. The predicted octanol–water partition coefficient (Wildman–Crippen LogP) is 4.70. The van der Waals surface area contributed by atoms with E-state index in [-0.39, 0.29) is 11.0 Å². The number of quaternary nitrogens is 1. The van der Waals surface area contributed by atoms with Gasteiger partial charge in [-0.05, 0) is 23.8 Å². The topological polar surface area (TPSA) is 76.7 Å². The molecule has 1 aromatic heterocycles. The first-order chi connectivity index (χ1) is 16.1. The molecule has 1 N–H and O–H groups in total. The van der Waals surface area contributed by atoms with E-state index in [0.717, 1.165) is 16.7 Å². The van der Waals surface area contributed by atoms with Gasteiger partial charge in [-0.2, -0.15) is 0 Å². The maximum absolute atomic E-state index is 13.2. The van der Waals surface area contributed by atoms with Crippen LogP contribution in [-0.4, -0.2) is 37.4 Å². The summed E-state index contributed by atoms with van der Waals surface area (Å²) in [5.41, 5.74) is 3.59. The molecule has 0 amide bonds. The lowest BCUT2D eigenvalue weighted by Crippen LogP contribution is -2.55. The summed E-state index contributed by atoms with van der Waals surface area (Å²) < 4.78 is 12.6. The van der Waals surface area contributed by atoms with E-state index in [0.29, 0.717) is 54.2 Å². The molecule has 6 nitrogen and oxygen atoms in total. The number of aromatic carboxylic acids is 1. The molecule has 1 saturated heterocycles. The van der Waals surface area contributed by atoms with Gasteiger partial charge in [0.15, 0.2) is 11.0 Å². The molecule has 0 unspecified atom stereocenters. The second kappa shape index (κ2) is 8.65. The molecule has 4 aromatic rings. The molecule has 1 fully saturated rings. The van der Waals surface area contributed by atoms with Crippen molar-refractivity contribution in [3.63, 3.8) is 0 Å². The van der Waals surface area contributed by atoms with Gasteiger partial charge in [-0.3, -0.25) is 9.28 Å². The molecule has 0 saturated carbocycles. The number of fused-ring (bicyclic) bond motifs is 1. The Morgan fingerprint density at radius 2 is 1.64 bits per heavy atom. The number of hydrogen-bond acceptors (Lipinski definition) is 4. The summed E-state index contributed by atoms with van der Waals surface area (Å²) in [7, 11) is 0. The Morgan fingerprint density at radius 3 is 2.33 bits per heavy atom. The summed E-state index contributed by atoms with van der Waals surface area (Å²) in [6.07, 6.45) is 0. The smallest absolute Gasteiger partial charge is 0.335 e. The van der Waals surface area contributed by atoms with Gasteiger partial charge < -0.3 is 14.3 Å². The number of hydrogen-bond donors (Lipinski definition) is 1. The van der Waals surface area contributed by atoms with Crippen LogP contribution in [-0.2, 0) is 11.3 Å². The highest BCUT2D eigenvalue weighted by Crippen LogP contribution is 2.34. The van der Waals surface area contributed by atoms with Crippen LogP contribution in [0.4, 0.5) is 5.88 Å². The van der Waals surface area contributed by atoms with Crippen LogP contribution in [0.2, 0.25) is 0 Å². The summed E-state index contributed by atoms with van der Waals surface area (Å²) in [4.78, 5) is 24.4. The minimum Gasteiger partial charge on any atom is -0.478 e. The SMILES string of the molecule is O=C(O)c1ccc(C[N+]2(c3cc(=O)c4cccc(-c5ccccc5)c4o3)CCOCC2)cc1. The van der Waals surface area contributed by atoms with Crippen molar-refractivity contribution in [1.82, 2.24) is 4.48 Å². The largest absolute Gasteiger partial charge is 0.478 e. The Hall–Kier alpha value is -3.74. The van der Waals surface area contributed by atoms with Gasteiger partial charge in [-0.25, -0.2) is 4.79 Å². The molecular weight excluding hydrogens is 418 g/mol. The van der Waals surface area contributed by atoms with Crippen LogP contribution >= 0.6 is 0 Å². The molecule has 0 atom stereocenters. The van der Waals surface area contributed by atoms with Crippen molar-refractivity contribution in [3.05, 3.63) is 100 Å². The molecule has 1 aliphatic heterocycles. The lowest BCUT2D eigenvalue weighted by atomic mass is 10.0. The van der Waals surface area contributed by atoms with E-state index in [4.69, 9.17) is 9.15 Å². The standard InChI is InChI=1S/C27H23NO5/c29-24-17-25(33-26-22(7-4-8-23(24)26)20-5-2-1-3-6-20)28(13-15-32-16-14-28)18-19-9-11-21(12-10-19)27(30)31/h1-12,17H,13-16,18H2/p+1. The minimum absolute atomic E-state index is 0.0748. The number of carboxylic acid groups (broad SMARTS) is 1. The fourth-order valence-corrected chi connectivity index (χ4v) is 4.49. The van der Waals surface area contributed by atoms with Gasteiger partial charge in [-0.1, -0.05) is 54.6 Å². The molecule has 33 heavy (non-hydrogen) atoms. The zero-order chi connectivity index (χ0) is 22.8. The molecule has 1 aliphatic rings. The first-order valence-electron chi connectivity index (χ1n) is 10.9. The van der Waals surface area contributed by atoms with Crippen LogP contribution in [0.1, 0.15) is 15.9 Å². The average molecular weight is 442 g/mol. The van der Waals surface area contributed by atoms with Crippen LogP contribution < -0.4 is 9.91 Å². The predicted molar refractivity (Wildman–Crippen MR) is 127 cm³/mol. The summed E-state index contributed by atoms with van der Waals surface area (Å²) in [6.45, 7) is 2.99. The highest BCUT2D eigenvalue weighted by Gasteiger charge is 2.37. The average Bonchev–Trinajstić information content (AvgIpc) is 2.85.